The molecule has 1 aliphatic heterocycles. The first kappa shape index (κ1) is 22.8. The predicted molar refractivity (Wildman–Crippen MR) is 129 cm³/mol. The Bertz CT molecular complexity index is 1160. The number of hydrogen-bond acceptors (Lipinski definition) is 7. The van der Waals surface area contributed by atoms with Crippen LogP contribution in [0.4, 0.5) is 10.6 Å². The van der Waals surface area contributed by atoms with E-state index in [1.807, 2.05) is 58.0 Å². The molecule has 2 aromatic heterocycles. The van der Waals surface area contributed by atoms with Gasteiger partial charge in [0.25, 0.3) is 0 Å². The second-order valence-corrected chi connectivity index (χ2v) is 9.42. The molecule has 1 amide bonds. The van der Waals surface area contributed by atoms with Crippen molar-refractivity contribution in [3.8, 4) is 17.1 Å². The van der Waals surface area contributed by atoms with Crippen LogP contribution in [-0.4, -0.2) is 58.0 Å². The summed E-state index contributed by atoms with van der Waals surface area (Å²) in [4.78, 5) is 18.9. The van der Waals surface area contributed by atoms with Crippen LogP contribution in [0, 0.1) is 6.92 Å². The molecule has 0 saturated carbocycles. The molecule has 0 spiro atoms. The summed E-state index contributed by atoms with van der Waals surface area (Å²) < 4.78 is 11.1. The van der Waals surface area contributed by atoms with Crippen LogP contribution >= 0.6 is 0 Å². The number of ether oxygens (including phenoxy) is 2. The number of fused-ring (bicyclic) bond motifs is 1. The van der Waals surface area contributed by atoms with Crippen molar-refractivity contribution in [1.29, 1.82) is 0 Å². The first-order chi connectivity index (χ1) is 15.7. The number of anilines is 1. The van der Waals surface area contributed by atoms with Gasteiger partial charge in [0, 0.05) is 36.1 Å². The van der Waals surface area contributed by atoms with Crippen LogP contribution < -0.4 is 10.1 Å². The highest BCUT2D eigenvalue weighted by atomic mass is 16.6. The molecule has 8 nitrogen and oxygen atoms in total. The Labute approximate surface area is 194 Å². The van der Waals surface area contributed by atoms with Gasteiger partial charge >= 0.3 is 6.09 Å². The van der Waals surface area contributed by atoms with Crippen molar-refractivity contribution in [2.45, 2.75) is 52.2 Å². The molecule has 1 N–H and O–H groups in total. The first-order valence-corrected chi connectivity index (χ1v) is 11.3. The van der Waals surface area contributed by atoms with Crippen LogP contribution in [0.15, 0.2) is 36.5 Å². The van der Waals surface area contributed by atoms with Crippen molar-refractivity contribution in [3.63, 3.8) is 0 Å². The summed E-state index contributed by atoms with van der Waals surface area (Å²) in [7, 11) is 1.63. The van der Waals surface area contributed by atoms with Gasteiger partial charge in [-0.25, -0.2) is 4.79 Å². The van der Waals surface area contributed by atoms with Crippen molar-refractivity contribution in [3.05, 3.63) is 42.1 Å². The van der Waals surface area contributed by atoms with Crippen LogP contribution in [0.1, 0.15) is 39.2 Å². The van der Waals surface area contributed by atoms with Crippen LogP contribution in [0.5, 0.6) is 5.75 Å². The molecule has 1 fully saturated rings. The monoisotopic (exact) mass is 449 g/mol. The fourth-order valence-corrected chi connectivity index (χ4v) is 4.04. The standard InChI is InChI=1S/C25H31N5O3/c1-16-13-20(32-5)22(26-14-16)21-18-10-6-7-11-19(18)23(29-28-21)27-17-9-8-12-30(15-17)24(31)33-25(2,3)4/h6-7,10-11,13-14,17H,8-9,12,15H2,1-5H3,(H,27,29)/t17-/m1/s1. The molecule has 0 bridgehead atoms. The third-order valence-electron chi connectivity index (χ3n) is 5.53. The van der Waals surface area contributed by atoms with Crippen molar-refractivity contribution in [2.75, 3.05) is 25.5 Å². The quantitative estimate of drug-likeness (QED) is 0.611. The number of piperidine rings is 1. The summed E-state index contributed by atoms with van der Waals surface area (Å²) in [6.45, 7) is 8.86. The van der Waals surface area contributed by atoms with E-state index < -0.39 is 5.60 Å². The van der Waals surface area contributed by atoms with Crippen molar-refractivity contribution in [1.82, 2.24) is 20.1 Å². The lowest BCUT2D eigenvalue weighted by Crippen LogP contribution is -2.47. The minimum atomic E-state index is -0.514. The van der Waals surface area contributed by atoms with E-state index in [4.69, 9.17) is 9.47 Å². The zero-order valence-corrected chi connectivity index (χ0v) is 19.9. The number of amides is 1. The maximum Gasteiger partial charge on any atom is 0.410 e. The fraction of sp³-hybridized carbons (Fsp3) is 0.440. The maximum absolute atomic E-state index is 12.5. The number of nitrogens with one attached hydrogen (secondary N) is 1. The van der Waals surface area contributed by atoms with Gasteiger partial charge in [0.2, 0.25) is 0 Å². The number of nitrogens with zero attached hydrogens (tertiary/aromatic N) is 4. The largest absolute Gasteiger partial charge is 0.494 e. The van der Waals surface area contributed by atoms with E-state index in [-0.39, 0.29) is 12.1 Å². The number of hydrogen-bond donors (Lipinski definition) is 1. The summed E-state index contributed by atoms with van der Waals surface area (Å²) in [5, 5.41) is 14.4. The lowest BCUT2D eigenvalue weighted by atomic mass is 10.0. The fourth-order valence-electron chi connectivity index (χ4n) is 4.04. The molecule has 1 aromatic carbocycles. The summed E-state index contributed by atoms with van der Waals surface area (Å²) in [5.74, 6) is 1.35. The molecule has 1 saturated heterocycles. The minimum absolute atomic E-state index is 0.0573. The van der Waals surface area contributed by atoms with E-state index in [2.05, 4.69) is 20.5 Å². The van der Waals surface area contributed by atoms with Gasteiger partial charge < -0.3 is 19.7 Å². The number of aromatic nitrogens is 3. The third-order valence-corrected chi connectivity index (χ3v) is 5.53. The van der Waals surface area contributed by atoms with Gasteiger partial charge in [0.1, 0.15) is 22.7 Å². The molecule has 1 atom stereocenters. The summed E-state index contributed by atoms with van der Waals surface area (Å²) >= 11 is 0. The highest BCUT2D eigenvalue weighted by molar-refractivity contribution is 6.00. The van der Waals surface area contributed by atoms with Crippen LogP contribution in [0.25, 0.3) is 22.2 Å². The highest BCUT2D eigenvalue weighted by Crippen LogP contribution is 2.34. The van der Waals surface area contributed by atoms with E-state index >= 15 is 0 Å². The average Bonchev–Trinajstić information content (AvgIpc) is 2.78. The van der Waals surface area contributed by atoms with Crippen LogP contribution in [-0.2, 0) is 4.74 Å². The average molecular weight is 450 g/mol. The molecular weight excluding hydrogens is 418 g/mol. The Balaban J connectivity index is 1.61. The number of carbonyl (C=O) groups is 1. The zero-order valence-electron chi connectivity index (χ0n) is 19.9. The molecule has 0 unspecified atom stereocenters. The highest BCUT2D eigenvalue weighted by Gasteiger charge is 2.28. The Morgan fingerprint density at radius 2 is 1.91 bits per heavy atom. The number of aryl methyl sites for hydroxylation is 1. The maximum atomic E-state index is 12.5. The van der Waals surface area contributed by atoms with Crippen LogP contribution in [0.3, 0.4) is 0 Å². The minimum Gasteiger partial charge on any atom is -0.494 e. The van der Waals surface area contributed by atoms with Crippen molar-refractivity contribution >= 4 is 22.7 Å². The van der Waals surface area contributed by atoms with Gasteiger partial charge in [-0.3, -0.25) is 4.98 Å². The SMILES string of the molecule is COc1cc(C)cnc1-c1nnc(N[C@@H]2CCCN(C(=O)OC(C)(C)C)C2)c2ccccc12. The molecule has 33 heavy (non-hydrogen) atoms. The number of methoxy groups -OCH3 is 1. The number of carbonyl (C=O) groups excluding carboxylic acids is 1. The van der Waals surface area contributed by atoms with Gasteiger partial charge in [0.15, 0.2) is 5.82 Å². The summed E-state index contributed by atoms with van der Waals surface area (Å²) in [6.07, 6.45) is 3.35. The van der Waals surface area contributed by atoms with Gasteiger partial charge in [-0.05, 0) is 52.2 Å². The molecule has 0 aliphatic carbocycles. The third kappa shape index (κ3) is 5.16. The van der Waals surface area contributed by atoms with E-state index in [0.717, 1.165) is 29.2 Å². The topological polar surface area (TPSA) is 89.5 Å². The number of rotatable bonds is 4. The van der Waals surface area contributed by atoms with E-state index in [1.165, 1.54) is 0 Å². The molecule has 1 aliphatic rings. The molecule has 3 aromatic rings. The first-order valence-electron chi connectivity index (χ1n) is 11.3. The number of likely N-dealkylation sites (tertiary alicyclic amines) is 1. The van der Waals surface area contributed by atoms with Gasteiger partial charge in [-0.2, -0.15) is 0 Å². The van der Waals surface area contributed by atoms with Gasteiger partial charge in [-0.15, -0.1) is 10.2 Å². The Morgan fingerprint density at radius 1 is 1.15 bits per heavy atom. The molecule has 0 radical (unpaired) electrons. The number of benzene rings is 1. The Morgan fingerprint density at radius 3 is 2.64 bits per heavy atom. The van der Waals surface area contributed by atoms with Gasteiger partial charge in [0.05, 0.1) is 7.11 Å². The summed E-state index contributed by atoms with van der Waals surface area (Å²) in [5.41, 5.74) is 1.83. The second-order valence-electron chi connectivity index (χ2n) is 9.42. The predicted octanol–water partition coefficient (Wildman–Crippen LogP) is 4.82. The van der Waals surface area contributed by atoms with E-state index in [9.17, 15) is 4.79 Å². The molecule has 3 heterocycles. The Hall–Kier alpha value is -3.42. The summed E-state index contributed by atoms with van der Waals surface area (Å²) in [6, 6.07) is 9.99. The smallest absolute Gasteiger partial charge is 0.410 e. The lowest BCUT2D eigenvalue weighted by molar-refractivity contribution is 0.0206. The Kier molecular flexibility index (Phi) is 6.35. The van der Waals surface area contributed by atoms with Gasteiger partial charge in [-0.1, -0.05) is 24.3 Å². The van der Waals surface area contributed by atoms with Crippen molar-refractivity contribution in [2.24, 2.45) is 0 Å². The van der Waals surface area contributed by atoms with Crippen LogP contribution in [0.2, 0.25) is 0 Å². The zero-order chi connectivity index (χ0) is 23.6. The molecule has 174 valence electrons. The second kappa shape index (κ2) is 9.21. The number of pyridine rings is 1. The normalized spacial score (nSPS) is 16.5. The lowest BCUT2D eigenvalue weighted by Gasteiger charge is -2.34. The van der Waals surface area contributed by atoms with E-state index in [1.54, 1.807) is 18.2 Å². The molecular formula is C25H31N5O3. The molecule has 8 heteroatoms. The van der Waals surface area contributed by atoms with E-state index in [0.29, 0.717) is 36.0 Å². The molecule has 4 rings (SSSR count). The van der Waals surface area contributed by atoms with Crippen molar-refractivity contribution < 1.29 is 14.3 Å².